The van der Waals surface area contributed by atoms with Gasteiger partial charge in [-0.1, -0.05) is 0 Å². The molecule has 2 aromatic rings. The third kappa shape index (κ3) is 3.53. The molecule has 1 fully saturated rings. The van der Waals surface area contributed by atoms with Gasteiger partial charge in [0, 0.05) is 36.9 Å². The van der Waals surface area contributed by atoms with E-state index in [9.17, 15) is 9.59 Å². The zero-order valence-corrected chi connectivity index (χ0v) is 14.3. The van der Waals surface area contributed by atoms with Crippen molar-refractivity contribution >= 4 is 28.3 Å². The molecule has 0 radical (unpaired) electrons. The first kappa shape index (κ1) is 16.4. The summed E-state index contributed by atoms with van der Waals surface area (Å²) in [6.07, 6.45) is 3.17. The lowest BCUT2D eigenvalue weighted by Gasteiger charge is -2.32. The maximum absolute atomic E-state index is 12.5. The Morgan fingerprint density at radius 2 is 2.12 bits per heavy atom. The minimum atomic E-state index is -0.203. The summed E-state index contributed by atoms with van der Waals surface area (Å²) in [7, 11) is 0. The maximum Gasteiger partial charge on any atom is 0.255 e. The molecular formula is C16H18N4O3S. The van der Waals surface area contributed by atoms with Crippen molar-refractivity contribution in [2.75, 3.05) is 24.5 Å². The highest BCUT2D eigenvalue weighted by Gasteiger charge is 2.29. The fourth-order valence-electron chi connectivity index (χ4n) is 2.40. The van der Waals surface area contributed by atoms with Crippen molar-refractivity contribution in [2.45, 2.75) is 20.0 Å². The van der Waals surface area contributed by atoms with Crippen LogP contribution in [0.15, 0.2) is 29.9 Å². The van der Waals surface area contributed by atoms with E-state index in [2.05, 4.69) is 9.97 Å². The third-order valence-corrected chi connectivity index (χ3v) is 4.29. The predicted octanol–water partition coefficient (Wildman–Crippen LogP) is 1.81. The van der Waals surface area contributed by atoms with Crippen molar-refractivity contribution < 1.29 is 14.3 Å². The largest absolute Gasteiger partial charge is 0.475 e. The second kappa shape index (κ2) is 6.96. The minimum Gasteiger partial charge on any atom is -0.475 e. The average Bonchev–Trinajstić information content (AvgIpc) is 3.08. The summed E-state index contributed by atoms with van der Waals surface area (Å²) in [6.45, 7) is 4.78. The van der Waals surface area contributed by atoms with Gasteiger partial charge in [-0.25, -0.2) is 9.97 Å². The summed E-state index contributed by atoms with van der Waals surface area (Å²) in [4.78, 5) is 36.2. The van der Waals surface area contributed by atoms with E-state index in [0.717, 1.165) is 0 Å². The molecule has 2 aromatic heterocycles. The average molecular weight is 346 g/mol. The number of thiazole rings is 1. The molecule has 1 aliphatic rings. The number of carbonyl (C=O) groups excluding carboxylic acids is 2. The molecule has 7 nitrogen and oxygen atoms in total. The zero-order valence-electron chi connectivity index (χ0n) is 13.5. The molecule has 3 heterocycles. The van der Waals surface area contributed by atoms with E-state index in [-0.39, 0.29) is 24.5 Å². The summed E-state index contributed by atoms with van der Waals surface area (Å²) in [5.74, 6) is 0.147. The molecule has 8 heteroatoms. The number of hydrogen-bond acceptors (Lipinski definition) is 6. The van der Waals surface area contributed by atoms with Gasteiger partial charge < -0.3 is 9.64 Å². The molecule has 1 saturated heterocycles. The van der Waals surface area contributed by atoms with Crippen LogP contribution in [0.4, 0.5) is 5.13 Å². The van der Waals surface area contributed by atoms with E-state index >= 15 is 0 Å². The normalized spacial score (nSPS) is 15.0. The van der Waals surface area contributed by atoms with Crippen LogP contribution in [0.25, 0.3) is 0 Å². The van der Waals surface area contributed by atoms with Gasteiger partial charge in [-0.3, -0.25) is 14.5 Å². The van der Waals surface area contributed by atoms with E-state index in [1.54, 1.807) is 23.2 Å². The Labute approximate surface area is 143 Å². The fraction of sp³-hybridized carbons (Fsp3) is 0.375. The monoisotopic (exact) mass is 346 g/mol. The fourth-order valence-corrected chi connectivity index (χ4v) is 3.08. The number of pyridine rings is 1. The number of nitrogens with zero attached hydrogens (tertiary/aromatic N) is 4. The van der Waals surface area contributed by atoms with E-state index in [0.29, 0.717) is 29.7 Å². The zero-order chi connectivity index (χ0) is 17.1. The molecule has 0 aliphatic carbocycles. The number of anilines is 1. The van der Waals surface area contributed by atoms with Crippen molar-refractivity contribution in [3.63, 3.8) is 0 Å². The van der Waals surface area contributed by atoms with Gasteiger partial charge in [0.15, 0.2) is 5.13 Å². The van der Waals surface area contributed by atoms with Crippen LogP contribution in [0.2, 0.25) is 0 Å². The Kier molecular flexibility index (Phi) is 4.75. The van der Waals surface area contributed by atoms with Gasteiger partial charge in [-0.15, -0.1) is 11.3 Å². The molecule has 1 aliphatic heterocycles. The van der Waals surface area contributed by atoms with Crippen molar-refractivity contribution in [2.24, 2.45) is 0 Å². The minimum absolute atomic E-state index is 0.0237. The predicted molar refractivity (Wildman–Crippen MR) is 90.4 cm³/mol. The molecule has 3 rings (SSSR count). The quantitative estimate of drug-likeness (QED) is 0.844. The van der Waals surface area contributed by atoms with E-state index in [1.165, 1.54) is 22.4 Å². The Hall–Kier alpha value is -2.48. The lowest BCUT2D eigenvalue weighted by molar-refractivity contribution is -0.120. The molecule has 0 atom stereocenters. The molecule has 0 unspecified atom stereocenters. The first-order valence-corrected chi connectivity index (χ1v) is 8.54. The van der Waals surface area contributed by atoms with Gasteiger partial charge in [0.1, 0.15) is 6.54 Å². The highest BCUT2D eigenvalue weighted by atomic mass is 32.1. The number of ether oxygens (including phenoxy) is 1. The number of rotatable bonds is 4. The highest BCUT2D eigenvalue weighted by molar-refractivity contribution is 7.13. The molecule has 0 aromatic carbocycles. The smallest absolute Gasteiger partial charge is 0.255 e. The van der Waals surface area contributed by atoms with E-state index < -0.39 is 0 Å². The Morgan fingerprint density at radius 1 is 1.29 bits per heavy atom. The van der Waals surface area contributed by atoms with E-state index in [1.807, 2.05) is 19.2 Å². The van der Waals surface area contributed by atoms with Crippen LogP contribution in [-0.4, -0.2) is 52.4 Å². The summed E-state index contributed by atoms with van der Waals surface area (Å²) >= 11 is 1.41. The standard InChI is InChI=1S/C16H18N4O3S/c1-11(2)23-13-4-3-12(9-18-13)15(22)19-6-7-20(14(21)10-19)16-17-5-8-24-16/h3-5,8-9,11H,6-7,10H2,1-2H3. The first-order valence-electron chi connectivity index (χ1n) is 7.66. The molecular weight excluding hydrogens is 328 g/mol. The van der Waals surface area contributed by atoms with Crippen LogP contribution >= 0.6 is 11.3 Å². The van der Waals surface area contributed by atoms with Crippen LogP contribution in [0.1, 0.15) is 24.2 Å². The van der Waals surface area contributed by atoms with Crippen molar-refractivity contribution in [1.82, 2.24) is 14.9 Å². The molecule has 0 bridgehead atoms. The van der Waals surface area contributed by atoms with Crippen molar-refractivity contribution in [3.8, 4) is 5.88 Å². The van der Waals surface area contributed by atoms with Gasteiger partial charge in [0.2, 0.25) is 11.8 Å². The van der Waals surface area contributed by atoms with Crippen LogP contribution in [0.3, 0.4) is 0 Å². The molecule has 0 saturated carbocycles. The lowest BCUT2D eigenvalue weighted by atomic mass is 10.2. The molecule has 0 N–H and O–H groups in total. The van der Waals surface area contributed by atoms with Gasteiger partial charge in [0.25, 0.3) is 5.91 Å². The number of amides is 2. The summed E-state index contributed by atoms with van der Waals surface area (Å²) in [5, 5.41) is 2.50. The van der Waals surface area contributed by atoms with Gasteiger partial charge >= 0.3 is 0 Å². The second-order valence-corrected chi connectivity index (χ2v) is 6.51. The first-order chi connectivity index (χ1) is 11.5. The maximum atomic E-state index is 12.5. The van der Waals surface area contributed by atoms with E-state index in [4.69, 9.17) is 4.74 Å². The topological polar surface area (TPSA) is 75.6 Å². The lowest BCUT2D eigenvalue weighted by Crippen LogP contribution is -2.52. The van der Waals surface area contributed by atoms with Gasteiger partial charge in [-0.2, -0.15) is 0 Å². The van der Waals surface area contributed by atoms with Crippen LogP contribution < -0.4 is 9.64 Å². The second-order valence-electron chi connectivity index (χ2n) is 5.64. The molecule has 0 spiro atoms. The summed E-state index contributed by atoms with van der Waals surface area (Å²) < 4.78 is 5.46. The Bertz CT molecular complexity index is 715. The van der Waals surface area contributed by atoms with Crippen molar-refractivity contribution in [1.29, 1.82) is 0 Å². The molecule has 24 heavy (non-hydrogen) atoms. The Balaban J connectivity index is 1.65. The van der Waals surface area contributed by atoms with Crippen LogP contribution in [0.5, 0.6) is 5.88 Å². The van der Waals surface area contributed by atoms with Crippen LogP contribution in [-0.2, 0) is 4.79 Å². The molecule has 2 amide bonds. The number of piperazine rings is 1. The molecule has 126 valence electrons. The number of hydrogen-bond donors (Lipinski definition) is 0. The number of carbonyl (C=O) groups is 2. The summed E-state index contributed by atoms with van der Waals surface area (Å²) in [6, 6.07) is 3.34. The Morgan fingerprint density at radius 3 is 2.71 bits per heavy atom. The highest BCUT2D eigenvalue weighted by Crippen LogP contribution is 2.20. The SMILES string of the molecule is CC(C)Oc1ccc(C(=O)N2CCN(c3nccs3)C(=O)C2)cn1. The van der Waals surface area contributed by atoms with Gasteiger partial charge in [-0.05, 0) is 19.9 Å². The third-order valence-electron chi connectivity index (χ3n) is 3.50. The van der Waals surface area contributed by atoms with Gasteiger partial charge in [0.05, 0.1) is 11.7 Å². The number of aromatic nitrogens is 2. The van der Waals surface area contributed by atoms with Crippen LogP contribution in [0, 0.1) is 0 Å². The summed E-state index contributed by atoms with van der Waals surface area (Å²) in [5.41, 5.74) is 0.446. The van der Waals surface area contributed by atoms with Crippen molar-refractivity contribution in [3.05, 3.63) is 35.5 Å².